The number of hydrogen-bond donors (Lipinski definition) is 1. The van der Waals surface area contributed by atoms with E-state index in [1.54, 1.807) is 12.3 Å². The fourth-order valence-corrected chi connectivity index (χ4v) is 3.51. The largest absolute Gasteiger partial charge is 0.494 e. The van der Waals surface area contributed by atoms with Gasteiger partial charge in [-0.05, 0) is 66.8 Å². The number of benzene rings is 3. The fourth-order valence-electron chi connectivity index (χ4n) is 3.51. The maximum Gasteiger partial charge on any atom is 0.251 e. The van der Waals surface area contributed by atoms with Crippen LogP contribution >= 0.6 is 0 Å². The number of unbranched alkanes of at least 4 members (excludes halogenated alkanes) is 1. The molecule has 0 aliphatic rings. The van der Waals surface area contributed by atoms with Gasteiger partial charge in [-0.3, -0.25) is 9.78 Å². The van der Waals surface area contributed by atoms with Crippen LogP contribution in [-0.2, 0) is 13.0 Å². The van der Waals surface area contributed by atoms with Gasteiger partial charge < -0.3 is 10.1 Å². The van der Waals surface area contributed by atoms with E-state index in [1.165, 1.54) is 5.56 Å². The van der Waals surface area contributed by atoms with E-state index in [1.807, 2.05) is 54.6 Å². The first-order valence-corrected chi connectivity index (χ1v) is 10.7. The van der Waals surface area contributed by atoms with Crippen LogP contribution < -0.4 is 10.1 Å². The summed E-state index contributed by atoms with van der Waals surface area (Å²) in [5.74, 6) is 0.737. The summed E-state index contributed by atoms with van der Waals surface area (Å²) in [6.45, 7) is 1.14. The van der Waals surface area contributed by atoms with Crippen LogP contribution in [0.15, 0.2) is 91.1 Å². The molecule has 0 fully saturated rings. The van der Waals surface area contributed by atoms with Gasteiger partial charge >= 0.3 is 0 Å². The third-order valence-electron chi connectivity index (χ3n) is 5.19. The van der Waals surface area contributed by atoms with Crippen molar-refractivity contribution in [2.75, 3.05) is 6.61 Å². The number of pyridine rings is 1. The third kappa shape index (κ3) is 5.92. The van der Waals surface area contributed by atoms with E-state index in [4.69, 9.17) is 4.74 Å². The first-order chi connectivity index (χ1) is 15.3. The second-order valence-electron chi connectivity index (χ2n) is 7.53. The maximum atomic E-state index is 12.5. The average Bonchev–Trinajstić information content (AvgIpc) is 2.83. The lowest BCUT2D eigenvalue weighted by molar-refractivity contribution is 0.0951. The number of amides is 1. The molecule has 156 valence electrons. The third-order valence-corrected chi connectivity index (χ3v) is 5.19. The molecule has 0 spiro atoms. The molecule has 4 nitrogen and oxygen atoms in total. The van der Waals surface area contributed by atoms with Crippen LogP contribution in [0, 0.1) is 0 Å². The second-order valence-corrected chi connectivity index (χ2v) is 7.53. The molecular weight excluding hydrogens is 384 g/mol. The lowest BCUT2D eigenvalue weighted by atomic mass is 10.1. The standard InChI is InChI=1S/C27H26N2O2/c30-27(24-14-15-26-23(19-24)12-7-16-28-26)29-20-22-11-6-13-25(18-22)31-17-5-4-10-21-8-2-1-3-9-21/h1-3,6-9,11-16,18-19H,4-5,10,17,20H2,(H,29,30). The fraction of sp³-hybridized carbons (Fsp3) is 0.185. The molecule has 31 heavy (non-hydrogen) atoms. The lowest BCUT2D eigenvalue weighted by Gasteiger charge is -2.10. The molecule has 0 unspecified atom stereocenters. The summed E-state index contributed by atoms with van der Waals surface area (Å²) in [6.07, 6.45) is 4.93. The van der Waals surface area contributed by atoms with Crippen molar-refractivity contribution in [3.05, 3.63) is 108 Å². The minimum absolute atomic E-state index is 0.0991. The van der Waals surface area contributed by atoms with Crippen molar-refractivity contribution in [2.45, 2.75) is 25.8 Å². The number of hydrogen-bond acceptors (Lipinski definition) is 3. The van der Waals surface area contributed by atoms with Crippen molar-refractivity contribution in [3.8, 4) is 5.75 Å². The number of nitrogens with one attached hydrogen (secondary N) is 1. The Labute approximate surface area is 182 Å². The van der Waals surface area contributed by atoms with Crippen LogP contribution in [0.25, 0.3) is 10.9 Å². The first-order valence-electron chi connectivity index (χ1n) is 10.7. The second kappa shape index (κ2) is 10.4. The Morgan fingerprint density at radius 2 is 1.71 bits per heavy atom. The van der Waals surface area contributed by atoms with E-state index in [0.29, 0.717) is 18.7 Å². The summed E-state index contributed by atoms with van der Waals surface area (Å²) >= 11 is 0. The number of ether oxygens (including phenoxy) is 1. The predicted molar refractivity (Wildman–Crippen MR) is 124 cm³/mol. The van der Waals surface area contributed by atoms with Crippen LogP contribution in [0.1, 0.15) is 34.3 Å². The smallest absolute Gasteiger partial charge is 0.251 e. The van der Waals surface area contributed by atoms with Crippen molar-refractivity contribution in [2.24, 2.45) is 0 Å². The van der Waals surface area contributed by atoms with Crippen molar-refractivity contribution in [3.63, 3.8) is 0 Å². The zero-order valence-electron chi connectivity index (χ0n) is 17.5. The highest BCUT2D eigenvalue weighted by molar-refractivity contribution is 5.97. The van der Waals surface area contributed by atoms with E-state index < -0.39 is 0 Å². The molecule has 0 bridgehead atoms. The van der Waals surface area contributed by atoms with Gasteiger partial charge in [0.1, 0.15) is 5.75 Å². The minimum atomic E-state index is -0.0991. The molecule has 3 aromatic carbocycles. The normalized spacial score (nSPS) is 10.7. The molecule has 1 heterocycles. The number of aromatic nitrogens is 1. The lowest BCUT2D eigenvalue weighted by Crippen LogP contribution is -2.22. The van der Waals surface area contributed by atoms with Gasteiger partial charge in [-0.25, -0.2) is 0 Å². The Kier molecular flexibility index (Phi) is 6.91. The van der Waals surface area contributed by atoms with Gasteiger partial charge in [-0.15, -0.1) is 0 Å². The Hall–Kier alpha value is -3.66. The Morgan fingerprint density at radius 1 is 0.839 bits per heavy atom. The summed E-state index contributed by atoms with van der Waals surface area (Å²) in [4.78, 5) is 16.8. The van der Waals surface area contributed by atoms with Crippen molar-refractivity contribution >= 4 is 16.8 Å². The van der Waals surface area contributed by atoms with Gasteiger partial charge in [0.05, 0.1) is 12.1 Å². The summed E-state index contributed by atoms with van der Waals surface area (Å²) in [5.41, 5.74) is 3.89. The molecule has 0 saturated carbocycles. The molecule has 4 rings (SSSR count). The molecule has 0 radical (unpaired) electrons. The maximum absolute atomic E-state index is 12.5. The Bertz CT molecular complexity index is 1140. The summed E-state index contributed by atoms with van der Waals surface area (Å²) in [5, 5.41) is 3.94. The zero-order chi connectivity index (χ0) is 21.3. The average molecular weight is 411 g/mol. The van der Waals surface area contributed by atoms with Crippen molar-refractivity contribution < 1.29 is 9.53 Å². The zero-order valence-corrected chi connectivity index (χ0v) is 17.5. The van der Waals surface area contributed by atoms with Crippen LogP contribution in [0.5, 0.6) is 5.75 Å². The highest BCUT2D eigenvalue weighted by Crippen LogP contribution is 2.16. The van der Waals surface area contributed by atoms with Gasteiger partial charge in [0.2, 0.25) is 0 Å². The molecule has 0 aliphatic carbocycles. The molecule has 1 aromatic heterocycles. The Balaban J connectivity index is 1.24. The highest BCUT2D eigenvalue weighted by atomic mass is 16.5. The van der Waals surface area contributed by atoms with E-state index in [2.05, 4.69) is 34.6 Å². The van der Waals surface area contributed by atoms with E-state index >= 15 is 0 Å². The van der Waals surface area contributed by atoms with Gasteiger partial charge in [0.25, 0.3) is 5.91 Å². The number of rotatable bonds is 9. The quantitative estimate of drug-likeness (QED) is 0.367. The number of carbonyl (C=O) groups is 1. The minimum Gasteiger partial charge on any atom is -0.494 e. The first kappa shape index (κ1) is 20.6. The van der Waals surface area contributed by atoms with Crippen LogP contribution in [0.4, 0.5) is 0 Å². The molecule has 0 saturated heterocycles. The molecule has 4 aromatic rings. The van der Waals surface area contributed by atoms with E-state index in [9.17, 15) is 4.79 Å². The van der Waals surface area contributed by atoms with Gasteiger partial charge in [-0.1, -0.05) is 48.5 Å². The number of aryl methyl sites for hydroxylation is 1. The number of nitrogens with zero attached hydrogens (tertiary/aromatic N) is 1. The van der Waals surface area contributed by atoms with Gasteiger partial charge in [0, 0.05) is 23.7 Å². The molecule has 1 N–H and O–H groups in total. The molecule has 1 amide bonds. The van der Waals surface area contributed by atoms with Gasteiger partial charge in [0.15, 0.2) is 0 Å². The number of carbonyl (C=O) groups excluding carboxylic acids is 1. The molecule has 4 heteroatoms. The number of fused-ring (bicyclic) bond motifs is 1. The predicted octanol–water partition coefficient (Wildman–Crippen LogP) is 5.57. The summed E-state index contributed by atoms with van der Waals surface area (Å²) in [6, 6.07) is 27.8. The Morgan fingerprint density at radius 3 is 2.61 bits per heavy atom. The van der Waals surface area contributed by atoms with Crippen molar-refractivity contribution in [1.29, 1.82) is 0 Å². The monoisotopic (exact) mass is 410 g/mol. The molecular formula is C27H26N2O2. The summed E-state index contributed by atoms with van der Waals surface area (Å²) < 4.78 is 5.90. The summed E-state index contributed by atoms with van der Waals surface area (Å²) in [7, 11) is 0. The molecule has 0 aliphatic heterocycles. The topological polar surface area (TPSA) is 51.2 Å². The van der Waals surface area contributed by atoms with Crippen LogP contribution in [0.3, 0.4) is 0 Å². The molecule has 0 atom stereocenters. The highest BCUT2D eigenvalue weighted by Gasteiger charge is 2.07. The van der Waals surface area contributed by atoms with Crippen LogP contribution in [0.2, 0.25) is 0 Å². The van der Waals surface area contributed by atoms with E-state index in [-0.39, 0.29) is 5.91 Å². The van der Waals surface area contributed by atoms with E-state index in [0.717, 1.165) is 41.5 Å². The SMILES string of the molecule is O=C(NCc1cccc(OCCCCc2ccccc2)c1)c1ccc2ncccc2c1. The van der Waals surface area contributed by atoms with Crippen LogP contribution in [-0.4, -0.2) is 17.5 Å². The van der Waals surface area contributed by atoms with Gasteiger partial charge in [-0.2, -0.15) is 0 Å². The van der Waals surface area contributed by atoms with Crippen molar-refractivity contribution in [1.82, 2.24) is 10.3 Å².